The van der Waals surface area contributed by atoms with Gasteiger partial charge < -0.3 is 28.9 Å². The Bertz CT molecular complexity index is 1020. The molecule has 1 saturated carbocycles. The number of nitrogens with zero attached hydrogens (tertiary/aromatic N) is 5. The summed E-state index contributed by atoms with van der Waals surface area (Å²) in [7, 11) is -1.68. The number of amidine groups is 1. The summed E-state index contributed by atoms with van der Waals surface area (Å²) < 4.78 is 24.3. The third kappa shape index (κ3) is 7.10. The van der Waals surface area contributed by atoms with Gasteiger partial charge in [-0.1, -0.05) is 12.8 Å². The van der Waals surface area contributed by atoms with Gasteiger partial charge in [-0.15, -0.1) is 5.11 Å². The third-order valence-corrected chi connectivity index (χ3v) is 6.56. The van der Waals surface area contributed by atoms with Crippen molar-refractivity contribution < 1.29 is 23.6 Å². The van der Waals surface area contributed by atoms with Crippen LogP contribution < -0.4 is 5.32 Å². The molecule has 0 spiro atoms. The number of hydrogen-bond donors (Lipinski definition) is 4. The molecule has 2 aromatic rings. The van der Waals surface area contributed by atoms with Gasteiger partial charge in [0.1, 0.15) is 12.4 Å². The molecule has 4 atom stereocenters. The lowest BCUT2D eigenvalue weighted by Gasteiger charge is -2.21. The van der Waals surface area contributed by atoms with Crippen LogP contribution in [-0.2, 0) is 18.7 Å². The first-order valence-corrected chi connectivity index (χ1v) is 13.5. The molecule has 4 rings (SSSR count). The van der Waals surface area contributed by atoms with Crippen molar-refractivity contribution in [3.8, 4) is 0 Å². The minimum Gasteiger partial charge on any atom is -0.368 e. The number of rotatable bonds is 12. The van der Waals surface area contributed by atoms with E-state index in [0.29, 0.717) is 23.9 Å². The highest BCUT2D eigenvalue weighted by Crippen LogP contribution is 2.34. The van der Waals surface area contributed by atoms with Gasteiger partial charge in [0.05, 0.1) is 30.9 Å². The first kappa shape index (κ1) is 26.2. The standard InChI is InChI=1S/C20H30ClN8O5P/c1-35(30)34-17(11-31-10-15(22)28-23)32-9-13-6-7-16(33-13)29-19-14(8-24-29)18(26-20(21)27-19)25-12-4-2-3-5-12/h8,12-13,16-17,22-23,30H,2-7,9-11H2,1H3,(H,25,26,27). The second-order valence-electron chi connectivity index (χ2n) is 8.49. The van der Waals surface area contributed by atoms with Crippen molar-refractivity contribution in [3.05, 3.63) is 11.5 Å². The van der Waals surface area contributed by atoms with Gasteiger partial charge in [0.25, 0.3) is 0 Å². The van der Waals surface area contributed by atoms with Gasteiger partial charge in [0, 0.05) is 12.7 Å². The number of fused-ring (bicyclic) bond motifs is 1. The van der Waals surface area contributed by atoms with Crippen LogP contribution in [-0.4, -0.2) is 75.4 Å². The highest BCUT2D eigenvalue weighted by molar-refractivity contribution is 7.45. The van der Waals surface area contributed by atoms with Gasteiger partial charge in [-0.05, 0) is 37.3 Å². The normalized spacial score (nSPS) is 22.5. The van der Waals surface area contributed by atoms with E-state index in [4.69, 9.17) is 41.3 Å². The van der Waals surface area contributed by atoms with Crippen LogP contribution in [0.5, 0.6) is 0 Å². The topological polar surface area (TPSA) is 173 Å². The first-order valence-electron chi connectivity index (χ1n) is 11.5. The fourth-order valence-corrected chi connectivity index (χ4v) is 4.88. The molecular weight excluding hydrogens is 499 g/mol. The van der Waals surface area contributed by atoms with Gasteiger partial charge in [0.2, 0.25) is 5.28 Å². The molecule has 192 valence electrons. The van der Waals surface area contributed by atoms with E-state index in [1.807, 2.05) is 0 Å². The molecule has 0 bridgehead atoms. The van der Waals surface area contributed by atoms with Crippen molar-refractivity contribution in [1.82, 2.24) is 19.7 Å². The average molecular weight is 529 g/mol. The molecule has 4 unspecified atom stereocenters. The number of ether oxygens (including phenoxy) is 3. The Hall–Kier alpha value is -1.86. The molecule has 1 aliphatic heterocycles. The van der Waals surface area contributed by atoms with Crippen LogP contribution in [0.2, 0.25) is 5.28 Å². The molecule has 2 fully saturated rings. The molecule has 1 saturated heterocycles. The van der Waals surface area contributed by atoms with Crippen LogP contribution in [0.4, 0.5) is 5.82 Å². The Morgan fingerprint density at radius 3 is 2.91 bits per heavy atom. The molecule has 3 heterocycles. The van der Waals surface area contributed by atoms with E-state index in [2.05, 4.69) is 25.5 Å². The molecule has 1 aliphatic carbocycles. The Morgan fingerprint density at radius 2 is 2.17 bits per heavy atom. The zero-order valence-electron chi connectivity index (χ0n) is 19.4. The molecule has 15 heteroatoms. The van der Waals surface area contributed by atoms with Crippen LogP contribution in [0.3, 0.4) is 0 Å². The van der Waals surface area contributed by atoms with E-state index in [0.717, 1.165) is 24.6 Å². The van der Waals surface area contributed by atoms with E-state index >= 15 is 0 Å². The van der Waals surface area contributed by atoms with Gasteiger partial charge in [-0.2, -0.15) is 15.1 Å². The van der Waals surface area contributed by atoms with E-state index < -0.39 is 14.7 Å². The molecule has 2 aliphatic rings. The smallest absolute Gasteiger partial charge is 0.226 e. The van der Waals surface area contributed by atoms with Crippen molar-refractivity contribution in [3.63, 3.8) is 0 Å². The highest BCUT2D eigenvalue weighted by Gasteiger charge is 2.30. The quantitative estimate of drug-likeness (QED) is 0.0797. The predicted molar refractivity (Wildman–Crippen MR) is 129 cm³/mol. The lowest BCUT2D eigenvalue weighted by molar-refractivity contribution is -0.144. The summed E-state index contributed by atoms with van der Waals surface area (Å²) in [5, 5.41) is 19.3. The lowest BCUT2D eigenvalue weighted by Crippen LogP contribution is -2.27. The van der Waals surface area contributed by atoms with E-state index in [1.54, 1.807) is 10.9 Å². The summed E-state index contributed by atoms with van der Waals surface area (Å²) >= 11 is 6.23. The summed E-state index contributed by atoms with van der Waals surface area (Å²) in [5.74, 6) is 0.479. The lowest BCUT2D eigenvalue weighted by atomic mass is 10.2. The minimum atomic E-state index is -1.68. The fourth-order valence-electron chi connectivity index (χ4n) is 4.25. The fraction of sp³-hybridized carbons (Fsp3) is 0.700. The van der Waals surface area contributed by atoms with E-state index in [-0.39, 0.29) is 43.3 Å². The first-order chi connectivity index (χ1) is 16.9. The molecule has 4 N–H and O–H groups in total. The highest BCUT2D eigenvalue weighted by atomic mass is 35.5. The summed E-state index contributed by atoms with van der Waals surface area (Å²) in [6, 6.07) is 0.381. The van der Waals surface area contributed by atoms with Crippen LogP contribution >= 0.6 is 20.0 Å². The summed E-state index contributed by atoms with van der Waals surface area (Å²) in [6.45, 7) is 1.59. The number of nitrogens with one attached hydrogen (secondary N) is 3. The van der Waals surface area contributed by atoms with E-state index in [9.17, 15) is 4.89 Å². The van der Waals surface area contributed by atoms with Gasteiger partial charge in [-0.3, -0.25) is 5.41 Å². The molecule has 0 aromatic carbocycles. The predicted octanol–water partition coefficient (Wildman–Crippen LogP) is 3.83. The number of hydrogen-bond acceptors (Lipinski definition) is 11. The van der Waals surface area contributed by atoms with Crippen LogP contribution in [0.1, 0.15) is 44.8 Å². The van der Waals surface area contributed by atoms with Crippen molar-refractivity contribution in [2.45, 2.75) is 63.2 Å². The van der Waals surface area contributed by atoms with Gasteiger partial charge in [-0.25, -0.2) is 10.2 Å². The molecule has 0 amide bonds. The monoisotopic (exact) mass is 528 g/mol. The number of halogens is 1. The number of aromatic nitrogens is 4. The Labute approximate surface area is 208 Å². The van der Waals surface area contributed by atoms with Crippen molar-refractivity contribution in [2.24, 2.45) is 5.11 Å². The molecular formula is C20H30ClN8O5P. The molecule has 2 aromatic heterocycles. The van der Waals surface area contributed by atoms with Crippen molar-refractivity contribution in [1.29, 1.82) is 10.9 Å². The zero-order valence-corrected chi connectivity index (χ0v) is 21.0. The van der Waals surface area contributed by atoms with Crippen molar-refractivity contribution in [2.75, 3.05) is 31.8 Å². The third-order valence-electron chi connectivity index (χ3n) is 5.85. The second kappa shape index (κ2) is 12.4. The maximum atomic E-state index is 9.62. The Kier molecular flexibility index (Phi) is 9.28. The van der Waals surface area contributed by atoms with Crippen LogP contribution in [0.15, 0.2) is 11.3 Å². The van der Waals surface area contributed by atoms with Crippen LogP contribution in [0.25, 0.3) is 11.0 Å². The van der Waals surface area contributed by atoms with Crippen molar-refractivity contribution >= 4 is 42.7 Å². The second-order valence-corrected chi connectivity index (χ2v) is 9.97. The van der Waals surface area contributed by atoms with E-state index in [1.165, 1.54) is 19.5 Å². The summed E-state index contributed by atoms with van der Waals surface area (Å²) in [5.41, 5.74) is 7.40. The van der Waals surface area contributed by atoms with Crippen LogP contribution in [0, 0.1) is 10.9 Å². The zero-order chi connectivity index (χ0) is 24.8. The van der Waals surface area contributed by atoms with Gasteiger partial charge >= 0.3 is 0 Å². The molecule has 35 heavy (non-hydrogen) atoms. The SMILES string of the molecule is CP(O)OC(COCC(=N)N=N)OCC1CCC(n2ncc3c(NC4CCCC4)nc(Cl)nc32)O1. The largest absolute Gasteiger partial charge is 0.368 e. The Balaban J connectivity index is 1.36. The minimum absolute atomic E-state index is 0.0166. The molecule has 0 radical (unpaired) electrons. The summed E-state index contributed by atoms with van der Waals surface area (Å²) in [4.78, 5) is 18.4. The van der Waals surface area contributed by atoms with Gasteiger partial charge in [0.15, 0.2) is 32.4 Å². The number of anilines is 1. The summed E-state index contributed by atoms with van der Waals surface area (Å²) in [6.07, 6.45) is 6.43. The Morgan fingerprint density at radius 1 is 1.37 bits per heavy atom. The molecule has 13 nitrogen and oxygen atoms in total. The average Bonchev–Trinajstić information content (AvgIpc) is 3.57. The maximum absolute atomic E-state index is 9.62. The maximum Gasteiger partial charge on any atom is 0.226 e.